The smallest absolute Gasteiger partial charge is 0.329 e. The Labute approximate surface area is 128 Å². The van der Waals surface area contributed by atoms with Gasteiger partial charge in [0, 0.05) is 30.1 Å². The maximum Gasteiger partial charge on any atom is 0.329 e. The van der Waals surface area contributed by atoms with Gasteiger partial charge < -0.3 is 10.2 Å². The standard InChI is InChI=1S/C13H21N5O2S/c1-4-14-12-15-9-10(18(19)20)11(16-12)17-6-5-13(2,3)21-8-7-17/h9H,4-8H2,1-3H3,(H,14,15,16). The minimum Gasteiger partial charge on any atom is -0.354 e. The number of nitro groups is 1. The van der Waals surface area contributed by atoms with Crippen LogP contribution in [0.4, 0.5) is 17.5 Å². The highest BCUT2D eigenvalue weighted by atomic mass is 32.2. The van der Waals surface area contributed by atoms with Crippen LogP contribution >= 0.6 is 11.8 Å². The number of nitrogens with one attached hydrogen (secondary N) is 1. The first kappa shape index (κ1) is 15.8. The van der Waals surface area contributed by atoms with Crippen LogP contribution in [0, 0.1) is 10.1 Å². The van der Waals surface area contributed by atoms with Crippen LogP contribution < -0.4 is 10.2 Å². The number of rotatable bonds is 4. The van der Waals surface area contributed by atoms with Gasteiger partial charge in [0.15, 0.2) is 0 Å². The van der Waals surface area contributed by atoms with Gasteiger partial charge in [-0.1, -0.05) is 13.8 Å². The fourth-order valence-electron chi connectivity index (χ4n) is 2.20. The van der Waals surface area contributed by atoms with Crippen molar-refractivity contribution in [3.63, 3.8) is 0 Å². The molecule has 1 aromatic rings. The number of hydrogen-bond acceptors (Lipinski definition) is 7. The summed E-state index contributed by atoms with van der Waals surface area (Å²) in [5.74, 6) is 1.79. The molecular weight excluding hydrogens is 290 g/mol. The molecule has 0 atom stereocenters. The highest BCUT2D eigenvalue weighted by Crippen LogP contribution is 2.34. The fourth-order valence-corrected chi connectivity index (χ4v) is 3.30. The monoisotopic (exact) mass is 311 g/mol. The lowest BCUT2D eigenvalue weighted by molar-refractivity contribution is -0.384. The molecule has 0 amide bonds. The van der Waals surface area contributed by atoms with Gasteiger partial charge in [0.05, 0.1) is 4.92 Å². The van der Waals surface area contributed by atoms with Crippen molar-refractivity contribution in [3.05, 3.63) is 16.3 Å². The molecule has 116 valence electrons. The summed E-state index contributed by atoms with van der Waals surface area (Å²) in [5.41, 5.74) is -0.0265. The Hall–Kier alpha value is -1.57. The lowest BCUT2D eigenvalue weighted by Gasteiger charge is -2.23. The molecule has 0 bridgehead atoms. The third-order valence-electron chi connectivity index (χ3n) is 3.42. The Morgan fingerprint density at radius 3 is 2.95 bits per heavy atom. The molecule has 2 heterocycles. The molecule has 1 N–H and O–H groups in total. The van der Waals surface area contributed by atoms with E-state index in [9.17, 15) is 10.1 Å². The first-order chi connectivity index (χ1) is 9.93. The molecule has 1 saturated heterocycles. The van der Waals surface area contributed by atoms with E-state index in [2.05, 4.69) is 29.1 Å². The zero-order valence-electron chi connectivity index (χ0n) is 12.6. The molecule has 1 aromatic heterocycles. The summed E-state index contributed by atoms with van der Waals surface area (Å²) in [5, 5.41) is 14.2. The first-order valence-electron chi connectivity index (χ1n) is 7.07. The number of nitrogens with zero attached hydrogens (tertiary/aromatic N) is 4. The highest BCUT2D eigenvalue weighted by molar-refractivity contribution is 8.00. The van der Waals surface area contributed by atoms with Crippen LogP contribution in [0.25, 0.3) is 0 Å². The summed E-state index contributed by atoms with van der Waals surface area (Å²) < 4.78 is 0.195. The lowest BCUT2D eigenvalue weighted by Crippen LogP contribution is -2.29. The zero-order valence-corrected chi connectivity index (χ0v) is 13.4. The van der Waals surface area contributed by atoms with E-state index < -0.39 is 4.92 Å². The summed E-state index contributed by atoms with van der Waals surface area (Å²) in [6, 6.07) is 0. The second-order valence-electron chi connectivity index (χ2n) is 5.54. The third-order valence-corrected chi connectivity index (χ3v) is 4.79. The van der Waals surface area contributed by atoms with E-state index >= 15 is 0 Å². The Morgan fingerprint density at radius 1 is 1.52 bits per heavy atom. The molecule has 0 unspecified atom stereocenters. The Bertz CT molecular complexity index is 523. The summed E-state index contributed by atoms with van der Waals surface area (Å²) in [7, 11) is 0. The van der Waals surface area contributed by atoms with Gasteiger partial charge in [-0.25, -0.2) is 4.98 Å². The van der Waals surface area contributed by atoms with Gasteiger partial charge in [0.25, 0.3) is 0 Å². The van der Waals surface area contributed by atoms with Crippen LogP contribution in [0.2, 0.25) is 0 Å². The molecule has 1 fully saturated rings. The Balaban J connectivity index is 2.31. The lowest BCUT2D eigenvalue weighted by atomic mass is 10.1. The van der Waals surface area contributed by atoms with Gasteiger partial charge in [-0.2, -0.15) is 16.7 Å². The van der Waals surface area contributed by atoms with E-state index in [1.54, 1.807) is 0 Å². The van der Waals surface area contributed by atoms with Crippen LogP contribution in [0.1, 0.15) is 27.2 Å². The second-order valence-corrected chi connectivity index (χ2v) is 7.34. The van der Waals surface area contributed by atoms with Crippen LogP contribution in [0.15, 0.2) is 6.20 Å². The van der Waals surface area contributed by atoms with Crippen molar-refractivity contribution in [3.8, 4) is 0 Å². The quantitative estimate of drug-likeness (QED) is 0.675. The normalized spacial score (nSPS) is 18.1. The van der Waals surface area contributed by atoms with Crippen molar-refractivity contribution in [1.29, 1.82) is 0 Å². The van der Waals surface area contributed by atoms with E-state index in [1.807, 2.05) is 23.6 Å². The molecule has 2 rings (SSSR count). The van der Waals surface area contributed by atoms with E-state index in [0.717, 1.165) is 25.3 Å². The molecule has 0 aromatic carbocycles. The summed E-state index contributed by atoms with van der Waals surface area (Å²) in [6.07, 6.45) is 2.26. The topological polar surface area (TPSA) is 84.2 Å². The van der Waals surface area contributed by atoms with E-state index in [0.29, 0.717) is 18.3 Å². The van der Waals surface area contributed by atoms with Gasteiger partial charge in [-0.3, -0.25) is 10.1 Å². The van der Waals surface area contributed by atoms with Gasteiger partial charge in [0.1, 0.15) is 6.20 Å². The zero-order chi connectivity index (χ0) is 15.5. The average Bonchev–Trinajstić information content (AvgIpc) is 2.60. The SMILES string of the molecule is CCNc1ncc([N+](=O)[O-])c(N2CCSC(C)(C)CC2)n1. The second kappa shape index (κ2) is 6.46. The average molecular weight is 311 g/mol. The molecule has 0 aliphatic carbocycles. The number of hydrogen-bond donors (Lipinski definition) is 1. The van der Waals surface area contributed by atoms with Crippen molar-refractivity contribution in [2.24, 2.45) is 0 Å². The Kier molecular flexibility index (Phi) is 4.87. The first-order valence-corrected chi connectivity index (χ1v) is 8.06. The van der Waals surface area contributed by atoms with E-state index in [1.165, 1.54) is 6.20 Å². The summed E-state index contributed by atoms with van der Waals surface area (Å²) in [6.45, 7) is 8.57. The molecule has 0 spiro atoms. The molecule has 0 saturated carbocycles. The van der Waals surface area contributed by atoms with Crippen LogP contribution in [-0.2, 0) is 0 Å². The predicted octanol–water partition coefficient (Wildman–Crippen LogP) is 2.54. The predicted molar refractivity (Wildman–Crippen MR) is 86.2 cm³/mol. The summed E-state index contributed by atoms with van der Waals surface area (Å²) in [4.78, 5) is 21.2. The van der Waals surface area contributed by atoms with Crippen molar-refractivity contribution in [2.45, 2.75) is 31.9 Å². The number of aromatic nitrogens is 2. The molecular formula is C13H21N5O2S. The van der Waals surface area contributed by atoms with E-state index in [-0.39, 0.29) is 10.4 Å². The largest absolute Gasteiger partial charge is 0.354 e. The maximum absolute atomic E-state index is 11.2. The van der Waals surface area contributed by atoms with Crippen LogP contribution in [0.3, 0.4) is 0 Å². The van der Waals surface area contributed by atoms with E-state index in [4.69, 9.17) is 0 Å². The van der Waals surface area contributed by atoms with Crippen molar-refractivity contribution in [1.82, 2.24) is 9.97 Å². The third kappa shape index (κ3) is 3.96. The molecule has 0 radical (unpaired) electrons. The van der Waals surface area contributed by atoms with Gasteiger partial charge in [-0.05, 0) is 13.3 Å². The Morgan fingerprint density at radius 2 is 2.29 bits per heavy atom. The molecule has 21 heavy (non-hydrogen) atoms. The minimum absolute atomic E-state index is 0.0265. The minimum atomic E-state index is -0.408. The summed E-state index contributed by atoms with van der Waals surface area (Å²) >= 11 is 1.90. The maximum atomic E-state index is 11.2. The van der Waals surface area contributed by atoms with Crippen molar-refractivity contribution >= 4 is 29.2 Å². The molecule has 8 heteroatoms. The van der Waals surface area contributed by atoms with Crippen LogP contribution in [0.5, 0.6) is 0 Å². The molecule has 7 nitrogen and oxygen atoms in total. The highest BCUT2D eigenvalue weighted by Gasteiger charge is 2.28. The van der Waals surface area contributed by atoms with Crippen molar-refractivity contribution in [2.75, 3.05) is 35.6 Å². The number of anilines is 2. The van der Waals surface area contributed by atoms with Crippen LogP contribution in [-0.4, -0.2) is 45.0 Å². The van der Waals surface area contributed by atoms with Gasteiger partial charge in [-0.15, -0.1) is 0 Å². The fraction of sp³-hybridized carbons (Fsp3) is 0.692. The van der Waals surface area contributed by atoms with Gasteiger partial charge in [0.2, 0.25) is 11.8 Å². The number of thioether (sulfide) groups is 1. The van der Waals surface area contributed by atoms with Gasteiger partial charge >= 0.3 is 5.69 Å². The molecule has 1 aliphatic rings. The molecule has 1 aliphatic heterocycles. The van der Waals surface area contributed by atoms with Crippen molar-refractivity contribution < 1.29 is 4.92 Å².